The van der Waals surface area contributed by atoms with Crippen LogP contribution < -0.4 is 0 Å². The summed E-state index contributed by atoms with van der Waals surface area (Å²) < 4.78 is 1.40. The van der Waals surface area contributed by atoms with Crippen LogP contribution in [0.25, 0.3) is 11.3 Å². The predicted octanol–water partition coefficient (Wildman–Crippen LogP) is 1.39. The Bertz CT molecular complexity index is 492. The molecule has 1 aromatic carbocycles. The Morgan fingerprint density at radius 2 is 2.00 bits per heavy atom. The van der Waals surface area contributed by atoms with Crippen LogP contribution in [0.1, 0.15) is 0 Å². The molecule has 0 spiro atoms. The van der Waals surface area contributed by atoms with E-state index in [1.165, 1.54) is 4.68 Å². The molecule has 2 aromatic rings. The summed E-state index contributed by atoms with van der Waals surface area (Å²) in [6, 6.07) is 9.04. The number of aryl methyl sites for hydroxylation is 1. The third kappa shape index (κ3) is 1.56. The zero-order valence-corrected chi connectivity index (χ0v) is 7.99. The van der Waals surface area contributed by atoms with Gasteiger partial charge in [0, 0.05) is 12.6 Å². The first-order chi connectivity index (χ1) is 7.20. The summed E-state index contributed by atoms with van der Waals surface area (Å²) in [7, 11) is 1.63. The maximum Gasteiger partial charge on any atom is 0.418 e. The number of rotatable bonds is 2. The van der Waals surface area contributed by atoms with Crippen molar-refractivity contribution in [2.45, 2.75) is 0 Å². The van der Waals surface area contributed by atoms with E-state index in [2.05, 4.69) is 10.3 Å². The molecule has 1 aromatic heterocycles. The normalized spacial score (nSPS) is 10.2. The fourth-order valence-corrected chi connectivity index (χ4v) is 1.38. The van der Waals surface area contributed by atoms with Gasteiger partial charge in [0.2, 0.25) is 0 Å². The van der Waals surface area contributed by atoms with Crippen LogP contribution in [0.15, 0.2) is 30.3 Å². The third-order valence-electron chi connectivity index (χ3n) is 2.03. The highest BCUT2D eigenvalue weighted by atomic mass is 16.6. The molecule has 0 radical (unpaired) electrons. The van der Waals surface area contributed by atoms with Gasteiger partial charge in [0.25, 0.3) is 0 Å². The van der Waals surface area contributed by atoms with Crippen molar-refractivity contribution in [2.24, 2.45) is 7.05 Å². The van der Waals surface area contributed by atoms with Crippen molar-refractivity contribution in [1.29, 1.82) is 0 Å². The van der Waals surface area contributed by atoms with Crippen LogP contribution in [-0.2, 0) is 7.05 Å². The Balaban J connectivity index is 2.62. The number of hydrogen-bond acceptors (Lipinski definition) is 4. The third-order valence-corrected chi connectivity index (χ3v) is 2.03. The first kappa shape index (κ1) is 9.32. The zero-order chi connectivity index (χ0) is 10.8. The number of benzene rings is 1. The first-order valence-corrected chi connectivity index (χ1v) is 4.29. The van der Waals surface area contributed by atoms with Gasteiger partial charge in [-0.05, 0) is 4.92 Å². The van der Waals surface area contributed by atoms with Gasteiger partial charge in [0.1, 0.15) is 5.10 Å². The number of hydrogen-bond donors (Lipinski definition) is 0. The van der Waals surface area contributed by atoms with Gasteiger partial charge in [-0.2, -0.15) is 0 Å². The maximum absolute atomic E-state index is 10.7. The molecule has 1 heterocycles. The van der Waals surface area contributed by atoms with E-state index in [1.54, 1.807) is 19.2 Å². The van der Waals surface area contributed by atoms with Crippen molar-refractivity contribution >= 4 is 5.82 Å². The Kier molecular flexibility index (Phi) is 2.17. The minimum Gasteiger partial charge on any atom is -0.358 e. The Morgan fingerprint density at radius 1 is 1.33 bits per heavy atom. The van der Waals surface area contributed by atoms with Crippen LogP contribution in [0.4, 0.5) is 5.82 Å². The highest BCUT2D eigenvalue weighted by molar-refractivity contribution is 5.66. The molecule has 6 nitrogen and oxygen atoms in total. The molecule has 0 amide bonds. The zero-order valence-electron chi connectivity index (χ0n) is 7.99. The van der Waals surface area contributed by atoms with Gasteiger partial charge in [-0.25, -0.2) is 4.68 Å². The Hall–Kier alpha value is -2.24. The van der Waals surface area contributed by atoms with Crippen LogP contribution in [0.2, 0.25) is 0 Å². The molecule has 0 atom stereocenters. The highest BCUT2D eigenvalue weighted by Gasteiger charge is 2.22. The van der Waals surface area contributed by atoms with E-state index in [0.717, 1.165) is 5.56 Å². The molecule has 15 heavy (non-hydrogen) atoms. The largest absolute Gasteiger partial charge is 0.418 e. The molecular formula is C9H8N4O2. The molecular weight excluding hydrogens is 196 g/mol. The minimum absolute atomic E-state index is 0.219. The summed E-state index contributed by atoms with van der Waals surface area (Å²) in [6.07, 6.45) is 0. The standard InChI is InChI=1S/C9H8N4O2/c1-12-8(7-5-3-2-4-6-7)9(10-11-12)13(14)15/h2-6H,1H3. The second kappa shape index (κ2) is 3.49. The van der Waals surface area contributed by atoms with Gasteiger partial charge < -0.3 is 10.1 Å². The van der Waals surface area contributed by atoms with Gasteiger partial charge in [-0.3, -0.25) is 0 Å². The van der Waals surface area contributed by atoms with Crippen molar-refractivity contribution in [2.75, 3.05) is 0 Å². The van der Waals surface area contributed by atoms with Crippen LogP contribution in [0.5, 0.6) is 0 Å². The van der Waals surface area contributed by atoms with E-state index in [0.29, 0.717) is 5.69 Å². The number of aromatic nitrogens is 3. The molecule has 2 rings (SSSR count). The molecule has 0 aliphatic rings. The molecule has 76 valence electrons. The van der Waals surface area contributed by atoms with Gasteiger partial charge in [0.15, 0.2) is 5.69 Å². The van der Waals surface area contributed by atoms with E-state index in [-0.39, 0.29) is 5.82 Å². The van der Waals surface area contributed by atoms with Gasteiger partial charge >= 0.3 is 5.82 Å². The quantitative estimate of drug-likeness (QED) is 0.547. The van der Waals surface area contributed by atoms with E-state index in [4.69, 9.17) is 0 Å². The monoisotopic (exact) mass is 204 g/mol. The summed E-state index contributed by atoms with van der Waals surface area (Å²) in [5.41, 5.74) is 1.15. The van der Waals surface area contributed by atoms with Crippen molar-refractivity contribution in [3.63, 3.8) is 0 Å². The van der Waals surface area contributed by atoms with Crippen LogP contribution in [0, 0.1) is 10.1 Å². The lowest BCUT2D eigenvalue weighted by molar-refractivity contribution is -0.388. The Labute approximate surface area is 85.3 Å². The SMILES string of the molecule is Cn1nnc([N+](=O)[O-])c1-c1ccccc1. The fourth-order valence-electron chi connectivity index (χ4n) is 1.38. The summed E-state index contributed by atoms with van der Waals surface area (Å²) in [6.45, 7) is 0. The van der Waals surface area contributed by atoms with Crippen molar-refractivity contribution in [3.8, 4) is 11.3 Å². The number of nitro groups is 1. The van der Waals surface area contributed by atoms with E-state index >= 15 is 0 Å². The average Bonchev–Trinajstić information content (AvgIpc) is 2.61. The molecule has 0 aliphatic carbocycles. The maximum atomic E-state index is 10.7. The predicted molar refractivity (Wildman–Crippen MR) is 53.1 cm³/mol. The lowest BCUT2D eigenvalue weighted by atomic mass is 10.1. The van der Waals surface area contributed by atoms with Crippen LogP contribution in [0.3, 0.4) is 0 Å². The highest BCUT2D eigenvalue weighted by Crippen LogP contribution is 2.26. The first-order valence-electron chi connectivity index (χ1n) is 4.29. The molecule has 6 heteroatoms. The summed E-state index contributed by atoms with van der Waals surface area (Å²) in [5, 5.41) is 17.8. The summed E-state index contributed by atoms with van der Waals surface area (Å²) >= 11 is 0. The van der Waals surface area contributed by atoms with Crippen molar-refractivity contribution in [3.05, 3.63) is 40.4 Å². The second-order valence-electron chi connectivity index (χ2n) is 3.01. The average molecular weight is 204 g/mol. The summed E-state index contributed by atoms with van der Waals surface area (Å²) in [4.78, 5) is 10.2. The number of nitrogens with zero attached hydrogens (tertiary/aromatic N) is 4. The van der Waals surface area contributed by atoms with Gasteiger partial charge in [-0.1, -0.05) is 30.3 Å². The van der Waals surface area contributed by atoms with Crippen LogP contribution in [-0.4, -0.2) is 19.9 Å². The summed E-state index contributed by atoms with van der Waals surface area (Å²) in [5.74, 6) is -0.219. The molecule has 0 saturated heterocycles. The van der Waals surface area contributed by atoms with Gasteiger partial charge in [0.05, 0.1) is 5.21 Å². The lowest BCUT2D eigenvalue weighted by Gasteiger charge is -1.99. The Morgan fingerprint density at radius 3 is 2.60 bits per heavy atom. The minimum atomic E-state index is -0.532. The molecule has 0 bridgehead atoms. The molecule has 0 fully saturated rings. The lowest BCUT2D eigenvalue weighted by Crippen LogP contribution is -1.95. The van der Waals surface area contributed by atoms with Crippen molar-refractivity contribution < 1.29 is 4.92 Å². The molecule has 0 aliphatic heterocycles. The van der Waals surface area contributed by atoms with E-state index < -0.39 is 4.92 Å². The van der Waals surface area contributed by atoms with Crippen molar-refractivity contribution in [1.82, 2.24) is 15.0 Å². The smallest absolute Gasteiger partial charge is 0.358 e. The van der Waals surface area contributed by atoms with E-state index in [1.807, 2.05) is 18.2 Å². The van der Waals surface area contributed by atoms with Gasteiger partial charge in [-0.15, -0.1) is 0 Å². The topological polar surface area (TPSA) is 73.8 Å². The molecule has 0 saturated carbocycles. The second-order valence-corrected chi connectivity index (χ2v) is 3.01. The molecule has 0 N–H and O–H groups in total. The fraction of sp³-hybridized carbons (Fsp3) is 0.111. The van der Waals surface area contributed by atoms with Crippen LogP contribution >= 0.6 is 0 Å². The molecule has 0 unspecified atom stereocenters. The van der Waals surface area contributed by atoms with E-state index in [9.17, 15) is 10.1 Å².